The lowest BCUT2D eigenvalue weighted by Crippen LogP contribution is -2.00. The maximum Gasteiger partial charge on any atom is 0.335 e. The van der Waals surface area contributed by atoms with E-state index in [1.54, 1.807) is 0 Å². The Kier molecular flexibility index (Phi) is 12.1. The van der Waals surface area contributed by atoms with Crippen molar-refractivity contribution < 1.29 is 28.5 Å². The molecule has 0 aliphatic heterocycles. The molecule has 25 heavy (non-hydrogen) atoms. The molecule has 1 atom stereocenters. The summed E-state index contributed by atoms with van der Waals surface area (Å²) in [7, 11) is -8.46. The van der Waals surface area contributed by atoms with Crippen LogP contribution in [0.15, 0.2) is 23.3 Å². The van der Waals surface area contributed by atoms with Crippen LogP contribution in [0.1, 0.15) is 59.8 Å². The minimum absolute atomic E-state index is 0.161. The van der Waals surface area contributed by atoms with Crippen LogP contribution in [0, 0.1) is 5.92 Å². The molecule has 0 amide bonds. The van der Waals surface area contributed by atoms with Crippen LogP contribution in [-0.2, 0) is 13.9 Å². The maximum atomic E-state index is 11.6. The third-order valence-electron chi connectivity index (χ3n) is 3.63. The Morgan fingerprint density at radius 3 is 2.20 bits per heavy atom. The number of hydrogen-bond acceptors (Lipinski definition) is 3. The molecule has 148 valence electrons. The van der Waals surface area contributed by atoms with Crippen LogP contribution in [0.25, 0.3) is 0 Å². The van der Waals surface area contributed by atoms with Crippen LogP contribution >= 0.6 is 15.0 Å². The number of hydrogen-bond donors (Lipinski definition) is 3. The highest BCUT2D eigenvalue weighted by Crippen LogP contribution is 2.54. The molecule has 0 aromatic carbocycles. The second-order valence-corrected chi connectivity index (χ2v) is 11.5. The van der Waals surface area contributed by atoms with Crippen molar-refractivity contribution in [3.8, 4) is 0 Å². The standard InChI is InChI=1S/C17H34O6P2/c1-15(2)7-5-8-16(3)9-6-10-17(4)11-12-23-13-24(18,19)14-25(20,21)22/h9,11,15H,5-8,10,12-14H2,1-4H3,(H,18,19)(H2,20,21,22)/b16-9+,17-11+. The molecule has 0 aliphatic rings. The molecule has 8 heteroatoms. The molecule has 3 N–H and O–H groups in total. The van der Waals surface area contributed by atoms with E-state index in [1.165, 1.54) is 18.4 Å². The van der Waals surface area contributed by atoms with E-state index in [1.807, 2.05) is 13.0 Å². The Labute approximate surface area is 152 Å². The van der Waals surface area contributed by atoms with Gasteiger partial charge < -0.3 is 19.4 Å². The third kappa shape index (κ3) is 17.0. The van der Waals surface area contributed by atoms with E-state index in [-0.39, 0.29) is 6.61 Å². The van der Waals surface area contributed by atoms with Crippen molar-refractivity contribution in [2.24, 2.45) is 5.92 Å². The smallest absolute Gasteiger partial charge is 0.335 e. The summed E-state index contributed by atoms with van der Waals surface area (Å²) in [5.74, 6) is -0.294. The number of allylic oxidation sites excluding steroid dienone is 3. The van der Waals surface area contributed by atoms with Crippen molar-refractivity contribution in [1.82, 2.24) is 0 Å². The van der Waals surface area contributed by atoms with Crippen molar-refractivity contribution in [2.45, 2.75) is 59.8 Å². The Bertz CT molecular complexity index is 533. The zero-order valence-corrected chi connectivity index (χ0v) is 17.6. The van der Waals surface area contributed by atoms with Gasteiger partial charge in [-0.3, -0.25) is 9.13 Å². The van der Waals surface area contributed by atoms with E-state index in [0.29, 0.717) is 0 Å². The topological polar surface area (TPSA) is 104 Å². The van der Waals surface area contributed by atoms with Gasteiger partial charge in [-0.25, -0.2) is 0 Å². The van der Waals surface area contributed by atoms with E-state index in [4.69, 9.17) is 14.5 Å². The number of ether oxygens (including phenoxy) is 1. The van der Waals surface area contributed by atoms with Crippen LogP contribution in [0.3, 0.4) is 0 Å². The molecular formula is C17H34O6P2. The van der Waals surface area contributed by atoms with Crippen LogP contribution in [0.5, 0.6) is 0 Å². The van der Waals surface area contributed by atoms with Gasteiger partial charge in [0.05, 0.1) is 6.61 Å². The van der Waals surface area contributed by atoms with E-state index < -0.39 is 27.2 Å². The van der Waals surface area contributed by atoms with Crippen molar-refractivity contribution in [3.63, 3.8) is 0 Å². The van der Waals surface area contributed by atoms with Crippen LogP contribution < -0.4 is 0 Å². The Morgan fingerprint density at radius 2 is 1.64 bits per heavy atom. The first kappa shape index (κ1) is 24.8. The minimum Gasteiger partial charge on any atom is -0.367 e. The zero-order chi connectivity index (χ0) is 19.5. The first-order valence-electron chi connectivity index (χ1n) is 8.66. The monoisotopic (exact) mass is 396 g/mol. The first-order chi connectivity index (χ1) is 11.4. The maximum absolute atomic E-state index is 11.6. The van der Waals surface area contributed by atoms with E-state index in [0.717, 1.165) is 30.8 Å². The fraction of sp³-hybridized carbons (Fsp3) is 0.765. The van der Waals surface area contributed by atoms with Gasteiger partial charge in [-0.1, -0.05) is 43.6 Å². The normalized spacial score (nSPS) is 16.3. The Hall–Kier alpha value is -0.220. The molecule has 0 heterocycles. The van der Waals surface area contributed by atoms with E-state index >= 15 is 0 Å². The molecule has 0 rings (SSSR count). The van der Waals surface area contributed by atoms with Gasteiger partial charge >= 0.3 is 7.60 Å². The molecule has 0 saturated carbocycles. The zero-order valence-electron chi connectivity index (χ0n) is 15.8. The molecule has 0 fully saturated rings. The van der Waals surface area contributed by atoms with Crippen LogP contribution in [0.4, 0.5) is 0 Å². The van der Waals surface area contributed by atoms with Gasteiger partial charge in [-0.2, -0.15) is 0 Å². The largest absolute Gasteiger partial charge is 0.367 e. The Balaban J connectivity index is 4.02. The molecule has 0 aromatic rings. The third-order valence-corrected chi connectivity index (χ3v) is 7.46. The highest BCUT2D eigenvalue weighted by Gasteiger charge is 2.29. The molecule has 6 nitrogen and oxygen atoms in total. The van der Waals surface area contributed by atoms with E-state index in [2.05, 4.69) is 26.8 Å². The summed E-state index contributed by atoms with van der Waals surface area (Å²) >= 11 is 0. The average molecular weight is 396 g/mol. The van der Waals surface area contributed by atoms with Gasteiger partial charge in [0.2, 0.25) is 7.37 Å². The molecule has 0 bridgehead atoms. The lowest BCUT2D eigenvalue weighted by Gasteiger charge is -2.12. The highest BCUT2D eigenvalue weighted by atomic mass is 31.2. The summed E-state index contributed by atoms with van der Waals surface area (Å²) < 4.78 is 27.4. The van der Waals surface area contributed by atoms with Crippen LogP contribution in [0.2, 0.25) is 0 Å². The lowest BCUT2D eigenvalue weighted by atomic mass is 10.0. The van der Waals surface area contributed by atoms with E-state index in [9.17, 15) is 14.0 Å². The minimum atomic E-state index is -4.51. The molecule has 1 unspecified atom stereocenters. The van der Waals surface area contributed by atoms with Gasteiger partial charge in [-0.15, -0.1) is 0 Å². The van der Waals surface area contributed by atoms with Crippen LogP contribution in [-0.4, -0.2) is 33.5 Å². The van der Waals surface area contributed by atoms with Gasteiger partial charge in [0.15, 0.2) is 0 Å². The fourth-order valence-electron chi connectivity index (χ4n) is 2.26. The van der Waals surface area contributed by atoms with Crippen molar-refractivity contribution in [2.75, 3.05) is 18.9 Å². The molecular weight excluding hydrogens is 362 g/mol. The predicted molar refractivity (Wildman–Crippen MR) is 103 cm³/mol. The summed E-state index contributed by atoms with van der Waals surface area (Å²) in [6.07, 6.45) is 8.99. The van der Waals surface area contributed by atoms with Crippen molar-refractivity contribution in [3.05, 3.63) is 23.3 Å². The van der Waals surface area contributed by atoms with Crippen molar-refractivity contribution in [1.29, 1.82) is 0 Å². The summed E-state index contributed by atoms with van der Waals surface area (Å²) in [6, 6.07) is 0. The SMILES string of the molecule is C/C(=C\COCP(=O)(O)CP(=O)(O)O)CC/C=C(\C)CCCC(C)C. The van der Waals surface area contributed by atoms with Gasteiger partial charge in [0, 0.05) is 0 Å². The lowest BCUT2D eigenvalue weighted by molar-refractivity contribution is 0.199. The molecule has 0 saturated heterocycles. The molecule has 0 aliphatic carbocycles. The van der Waals surface area contributed by atoms with Gasteiger partial charge in [0.1, 0.15) is 12.3 Å². The molecule has 0 spiro atoms. The first-order valence-corrected chi connectivity index (χ1v) is 12.5. The predicted octanol–water partition coefficient (Wildman–Crippen LogP) is 4.87. The average Bonchev–Trinajstić information content (AvgIpc) is 2.40. The molecule has 0 radical (unpaired) electrons. The summed E-state index contributed by atoms with van der Waals surface area (Å²) in [5, 5.41) is 0. The quantitative estimate of drug-likeness (QED) is 0.233. The van der Waals surface area contributed by atoms with Gasteiger partial charge in [0.25, 0.3) is 0 Å². The number of rotatable bonds is 13. The Morgan fingerprint density at radius 1 is 1.04 bits per heavy atom. The fourth-order valence-corrected chi connectivity index (χ4v) is 5.28. The summed E-state index contributed by atoms with van der Waals surface area (Å²) in [6.45, 7) is 8.75. The second kappa shape index (κ2) is 12.2. The second-order valence-electron chi connectivity index (χ2n) is 7.08. The summed E-state index contributed by atoms with van der Waals surface area (Å²) in [5.41, 5.74) is 2.53. The summed E-state index contributed by atoms with van der Waals surface area (Å²) in [4.78, 5) is 26.9. The van der Waals surface area contributed by atoms with Gasteiger partial charge in [-0.05, 0) is 45.4 Å². The highest BCUT2D eigenvalue weighted by molar-refractivity contribution is 7.72. The molecule has 0 aromatic heterocycles. The van der Waals surface area contributed by atoms with Crippen molar-refractivity contribution >= 4 is 15.0 Å².